The molecule has 0 spiro atoms. The summed E-state index contributed by atoms with van der Waals surface area (Å²) < 4.78 is 5.86. The Bertz CT molecular complexity index is 1300. The fourth-order valence-corrected chi connectivity index (χ4v) is 11.7. The van der Waals surface area contributed by atoms with Crippen molar-refractivity contribution in [3.8, 4) is 0 Å². The highest BCUT2D eigenvalue weighted by Gasteiger charge is 2.64. The van der Waals surface area contributed by atoms with Gasteiger partial charge in [-0.05, 0) is 137 Å². The first-order chi connectivity index (χ1) is 21.6. The van der Waals surface area contributed by atoms with Gasteiger partial charge in [0.1, 0.15) is 5.60 Å². The maximum Gasteiger partial charge on any atom is 0.407 e. The van der Waals surface area contributed by atoms with E-state index in [0.29, 0.717) is 40.2 Å². The van der Waals surface area contributed by atoms with Gasteiger partial charge < -0.3 is 10.1 Å². The van der Waals surface area contributed by atoms with Crippen LogP contribution in [0, 0.1) is 52.3 Å². The van der Waals surface area contributed by atoms with Crippen LogP contribution in [0.25, 0.3) is 0 Å². The van der Waals surface area contributed by atoms with E-state index in [1.165, 1.54) is 44.9 Å². The predicted molar refractivity (Wildman–Crippen MR) is 182 cm³/mol. The molecule has 6 nitrogen and oxygen atoms in total. The standard InChI is InChI=1S/C40H60N2O4/c1-24(2)12-11-13-25(3)30-16-17-31-34-32(19-21-40(30,31)8)39(7)20-18-27(42-35(43)28-14-9-10-15-29(28)36(42)44)22-26(39)23-33(34)41-37(45)46-38(4,5)6/h9-10,14-15,24-27,30-34H,11-13,16-23H2,1-8H3,(H,41,45)/t25-,26-,27-,30-,31+,32+,33-,34+,39+,40-/m1/s1. The van der Waals surface area contributed by atoms with Crippen molar-refractivity contribution in [1.29, 1.82) is 0 Å². The SMILES string of the molecule is CC(C)CCC[C@@H](C)[C@H]1CC[C@H]2[C@@H]3[C@H](NC(=O)OC(C)(C)C)C[C@H]4C[C@H](N5C(=O)c6ccccc6C5=O)CC[C@]4(C)[C@H]3CC[C@]12C. The van der Waals surface area contributed by atoms with Crippen LogP contribution in [0.2, 0.25) is 0 Å². The fourth-order valence-electron chi connectivity index (χ4n) is 11.7. The van der Waals surface area contributed by atoms with Gasteiger partial charge in [0.05, 0.1) is 11.1 Å². The Balaban J connectivity index is 1.26. The molecule has 0 saturated heterocycles. The molecule has 46 heavy (non-hydrogen) atoms. The maximum atomic E-state index is 13.5. The van der Waals surface area contributed by atoms with Crippen molar-refractivity contribution in [2.75, 3.05) is 0 Å². The molecule has 254 valence electrons. The summed E-state index contributed by atoms with van der Waals surface area (Å²) in [7, 11) is 0. The number of amides is 3. The molecule has 0 radical (unpaired) electrons. The number of nitrogens with zero attached hydrogens (tertiary/aromatic N) is 1. The zero-order valence-corrected chi connectivity index (χ0v) is 29.9. The Morgan fingerprint density at radius 1 is 0.913 bits per heavy atom. The summed E-state index contributed by atoms with van der Waals surface area (Å²) in [5.74, 6) is 3.81. The van der Waals surface area contributed by atoms with Crippen molar-refractivity contribution >= 4 is 17.9 Å². The Morgan fingerprint density at radius 2 is 1.54 bits per heavy atom. The molecular formula is C40H60N2O4. The van der Waals surface area contributed by atoms with Gasteiger partial charge in [-0.2, -0.15) is 0 Å². The first kappa shape index (κ1) is 33.5. The van der Waals surface area contributed by atoms with Crippen LogP contribution in [0.15, 0.2) is 24.3 Å². The molecule has 1 aromatic rings. The van der Waals surface area contributed by atoms with E-state index in [4.69, 9.17) is 4.74 Å². The monoisotopic (exact) mass is 632 g/mol. The molecule has 5 aliphatic rings. The van der Waals surface area contributed by atoms with Gasteiger partial charge in [0.25, 0.3) is 11.8 Å². The van der Waals surface area contributed by atoms with Crippen LogP contribution in [0.1, 0.15) is 147 Å². The van der Waals surface area contributed by atoms with E-state index in [1.807, 2.05) is 32.9 Å². The third-order valence-electron chi connectivity index (χ3n) is 13.8. The molecule has 10 atom stereocenters. The maximum absolute atomic E-state index is 13.5. The van der Waals surface area contributed by atoms with Crippen LogP contribution in [0.3, 0.4) is 0 Å². The van der Waals surface area contributed by atoms with E-state index < -0.39 is 5.60 Å². The van der Waals surface area contributed by atoms with Crippen molar-refractivity contribution in [1.82, 2.24) is 10.2 Å². The Hall–Kier alpha value is -2.37. The number of carbonyl (C=O) groups excluding carboxylic acids is 3. The van der Waals surface area contributed by atoms with Gasteiger partial charge in [-0.1, -0.05) is 66.0 Å². The molecule has 0 aromatic heterocycles. The van der Waals surface area contributed by atoms with E-state index in [-0.39, 0.29) is 35.4 Å². The van der Waals surface area contributed by atoms with E-state index in [9.17, 15) is 14.4 Å². The second-order valence-corrected chi connectivity index (χ2v) is 18.0. The number of hydrogen-bond donors (Lipinski definition) is 1. The first-order valence-corrected chi connectivity index (χ1v) is 18.6. The normalized spacial score (nSPS) is 37.8. The average molecular weight is 633 g/mol. The largest absolute Gasteiger partial charge is 0.444 e. The highest BCUT2D eigenvalue weighted by molar-refractivity contribution is 6.21. The molecule has 3 amide bonds. The number of ether oxygens (including phenoxy) is 1. The average Bonchev–Trinajstić information content (AvgIpc) is 3.45. The summed E-state index contributed by atoms with van der Waals surface area (Å²) in [6.07, 6.45) is 12.2. The Labute approximate surface area is 278 Å². The molecule has 1 N–H and O–H groups in total. The minimum absolute atomic E-state index is 0.0403. The lowest BCUT2D eigenvalue weighted by atomic mass is 9.43. The van der Waals surface area contributed by atoms with Gasteiger partial charge in [-0.3, -0.25) is 14.5 Å². The smallest absolute Gasteiger partial charge is 0.407 e. The van der Waals surface area contributed by atoms with Crippen molar-refractivity contribution in [2.45, 2.75) is 144 Å². The fraction of sp³-hybridized carbons (Fsp3) is 0.775. The summed E-state index contributed by atoms with van der Waals surface area (Å²) >= 11 is 0. The van der Waals surface area contributed by atoms with Crippen molar-refractivity contribution in [3.05, 3.63) is 35.4 Å². The number of fused-ring (bicyclic) bond motifs is 6. The summed E-state index contributed by atoms with van der Waals surface area (Å²) in [6, 6.07) is 7.20. The summed E-state index contributed by atoms with van der Waals surface area (Å²) in [5, 5.41) is 3.45. The number of benzene rings is 1. The van der Waals surface area contributed by atoms with Gasteiger partial charge >= 0.3 is 6.09 Å². The van der Waals surface area contributed by atoms with Crippen LogP contribution in [-0.2, 0) is 4.74 Å². The molecule has 0 unspecified atom stereocenters. The van der Waals surface area contributed by atoms with Crippen LogP contribution in [-0.4, -0.2) is 40.5 Å². The second kappa shape index (κ2) is 12.3. The lowest BCUT2D eigenvalue weighted by Gasteiger charge is -2.63. The molecule has 4 aliphatic carbocycles. The van der Waals surface area contributed by atoms with Crippen LogP contribution in [0.5, 0.6) is 0 Å². The second-order valence-electron chi connectivity index (χ2n) is 18.0. The molecule has 6 rings (SSSR count). The minimum atomic E-state index is -0.557. The zero-order chi connectivity index (χ0) is 33.2. The molecule has 6 heteroatoms. The Kier molecular flexibility index (Phi) is 8.94. The third kappa shape index (κ3) is 5.82. The number of rotatable bonds is 7. The zero-order valence-electron chi connectivity index (χ0n) is 29.9. The number of nitrogens with one attached hydrogen (secondary N) is 1. The summed E-state index contributed by atoms with van der Waals surface area (Å²) in [5.41, 5.74) is 0.949. The van der Waals surface area contributed by atoms with Crippen LogP contribution in [0.4, 0.5) is 4.79 Å². The highest BCUT2D eigenvalue weighted by atomic mass is 16.6. The topological polar surface area (TPSA) is 75.7 Å². The molecule has 4 saturated carbocycles. The summed E-state index contributed by atoms with van der Waals surface area (Å²) in [6.45, 7) is 18.1. The molecular weight excluding hydrogens is 572 g/mol. The quantitative estimate of drug-likeness (QED) is 0.304. The van der Waals surface area contributed by atoms with Gasteiger partial charge in [0.2, 0.25) is 0 Å². The van der Waals surface area contributed by atoms with E-state index in [0.717, 1.165) is 43.4 Å². The van der Waals surface area contributed by atoms with Gasteiger partial charge in [0.15, 0.2) is 0 Å². The number of imide groups is 1. The highest BCUT2D eigenvalue weighted by Crippen LogP contribution is 2.68. The number of carbonyl (C=O) groups is 3. The third-order valence-corrected chi connectivity index (χ3v) is 13.8. The van der Waals surface area contributed by atoms with Crippen molar-refractivity contribution in [2.24, 2.45) is 52.3 Å². The first-order valence-electron chi connectivity index (χ1n) is 18.6. The molecule has 4 fully saturated rings. The van der Waals surface area contributed by atoms with Crippen molar-refractivity contribution < 1.29 is 19.1 Å². The molecule has 1 heterocycles. The number of hydrogen-bond acceptors (Lipinski definition) is 4. The van der Waals surface area contributed by atoms with E-state index in [1.54, 1.807) is 17.0 Å². The molecule has 0 bridgehead atoms. The lowest BCUT2D eigenvalue weighted by molar-refractivity contribution is -0.134. The van der Waals surface area contributed by atoms with Crippen LogP contribution < -0.4 is 5.32 Å². The minimum Gasteiger partial charge on any atom is -0.444 e. The summed E-state index contributed by atoms with van der Waals surface area (Å²) in [4.78, 5) is 42.0. The molecule has 1 aromatic carbocycles. The van der Waals surface area contributed by atoms with Crippen LogP contribution >= 0.6 is 0 Å². The van der Waals surface area contributed by atoms with Gasteiger partial charge in [-0.25, -0.2) is 4.79 Å². The van der Waals surface area contributed by atoms with Gasteiger partial charge in [-0.15, -0.1) is 0 Å². The number of alkyl carbamates (subject to hydrolysis) is 1. The van der Waals surface area contributed by atoms with E-state index >= 15 is 0 Å². The lowest BCUT2D eigenvalue weighted by Crippen LogP contribution is -2.63. The van der Waals surface area contributed by atoms with E-state index in [2.05, 4.69) is 39.9 Å². The van der Waals surface area contributed by atoms with Gasteiger partial charge in [0, 0.05) is 12.1 Å². The Morgan fingerprint density at radius 3 is 2.17 bits per heavy atom. The predicted octanol–water partition coefficient (Wildman–Crippen LogP) is 9.28. The van der Waals surface area contributed by atoms with Crippen molar-refractivity contribution in [3.63, 3.8) is 0 Å². The molecule has 1 aliphatic heterocycles.